The van der Waals surface area contributed by atoms with Crippen molar-refractivity contribution in [3.05, 3.63) is 181 Å². The van der Waals surface area contributed by atoms with Crippen LogP contribution in [0.15, 0.2) is 170 Å². The summed E-state index contributed by atoms with van der Waals surface area (Å²) in [5, 5.41) is 7.26. The standard InChI is InChI=1S/C47H34N4/c1-47(2)38-18-10-9-17-35(38)45-39(47)19-11-20-42(45)50(33-13-5-3-6-14-33)40-27-23-31-22-26-37-41(28-24-32-21-25-36(40)43(31)44(32)37)51(34-15-7-4-8-16-34)46-48-29-12-30-49-46/h3-30H,1-2H3. The molecular weight excluding hydrogens is 621 g/mol. The third-order valence-electron chi connectivity index (χ3n) is 10.7. The molecule has 10 rings (SSSR count). The van der Waals surface area contributed by atoms with E-state index in [9.17, 15) is 0 Å². The predicted molar refractivity (Wildman–Crippen MR) is 213 cm³/mol. The summed E-state index contributed by atoms with van der Waals surface area (Å²) in [6.45, 7) is 4.70. The molecular formula is C47H34N4. The Balaban J connectivity index is 1.26. The monoisotopic (exact) mass is 654 g/mol. The molecule has 8 aromatic carbocycles. The highest BCUT2D eigenvalue weighted by Crippen LogP contribution is 2.55. The highest BCUT2D eigenvalue weighted by Gasteiger charge is 2.38. The van der Waals surface area contributed by atoms with Crippen molar-refractivity contribution in [1.82, 2.24) is 9.97 Å². The molecule has 0 radical (unpaired) electrons. The van der Waals surface area contributed by atoms with E-state index in [1.54, 1.807) is 12.4 Å². The van der Waals surface area contributed by atoms with Crippen LogP contribution in [0.3, 0.4) is 0 Å². The summed E-state index contributed by atoms with van der Waals surface area (Å²) < 4.78 is 0. The van der Waals surface area contributed by atoms with E-state index in [1.165, 1.54) is 54.9 Å². The summed E-state index contributed by atoms with van der Waals surface area (Å²) >= 11 is 0. The third kappa shape index (κ3) is 4.39. The normalized spacial score (nSPS) is 13.1. The molecule has 0 saturated heterocycles. The van der Waals surface area contributed by atoms with Crippen molar-refractivity contribution in [2.75, 3.05) is 9.80 Å². The molecule has 0 saturated carbocycles. The zero-order valence-corrected chi connectivity index (χ0v) is 28.5. The van der Waals surface area contributed by atoms with Crippen LogP contribution in [0.25, 0.3) is 43.4 Å². The molecule has 4 heteroatoms. The largest absolute Gasteiger partial charge is 0.309 e. The maximum absolute atomic E-state index is 4.71. The minimum atomic E-state index is -0.101. The van der Waals surface area contributed by atoms with Gasteiger partial charge in [-0.3, -0.25) is 4.90 Å². The summed E-state index contributed by atoms with van der Waals surface area (Å²) in [6, 6.07) is 56.9. The van der Waals surface area contributed by atoms with Gasteiger partial charge in [0.05, 0.1) is 17.1 Å². The van der Waals surface area contributed by atoms with Crippen molar-refractivity contribution >= 4 is 66.7 Å². The van der Waals surface area contributed by atoms with Crippen LogP contribution < -0.4 is 9.80 Å². The van der Waals surface area contributed by atoms with Crippen molar-refractivity contribution in [3.63, 3.8) is 0 Å². The van der Waals surface area contributed by atoms with Gasteiger partial charge < -0.3 is 4.90 Å². The smallest absolute Gasteiger partial charge is 0.234 e. The maximum atomic E-state index is 4.71. The maximum Gasteiger partial charge on any atom is 0.234 e. The van der Waals surface area contributed by atoms with Gasteiger partial charge in [-0.25, -0.2) is 9.97 Å². The van der Waals surface area contributed by atoms with Gasteiger partial charge in [0.15, 0.2) is 0 Å². The fourth-order valence-corrected chi connectivity index (χ4v) is 8.41. The highest BCUT2D eigenvalue weighted by atomic mass is 15.3. The summed E-state index contributed by atoms with van der Waals surface area (Å²) in [4.78, 5) is 14.0. The molecule has 242 valence electrons. The average molecular weight is 655 g/mol. The van der Waals surface area contributed by atoms with E-state index < -0.39 is 0 Å². The number of fused-ring (bicyclic) bond motifs is 3. The minimum absolute atomic E-state index is 0.101. The van der Waals surface area contributed by atoms with Gasteiger partial charge in [-0.1, -0.05) is 123 Å². The lowest BCUT2D eigenvalue weighted by Crippen LogP contribution is -2.16. The fraction of sp³-hybridized carbons (Fsp3) is 0.0638. The zero-order chi connectivity index (χ0) is 34.1. The van der Waals surface area contributed by atoms with Crippen molar-refractivity contribution in [2.24, 2.45) is 0 Å². The van der Waals surface area contributed by atoms with Gasteiger partial charge in [-0.2, -0.15) is 0 Å². The van der Waals surface area contributed by atoms with Gasteiger partial charge >= 0.3 is 0 Å². The molecule has 0 unspecified atom stereocenters. The quantitative estimate of drug-likeness (QED) is 0.167. The van der Waals surface area contributed by atoms with Crippen molar-refractivity contribution in [3.8, 4) is 11.1 Å². The van der Waals surface area contributed by atoms with Gasteiger partial charge in [0, 0.05) is 45.5 Å². The first kappa shape index (κ1) is 29.4. The summed E-state index contributed by atoms with van der Waals surface area (Å²) in [6.07, 6.45) is 3.61. The molecule has 0 bridgehead atoms. The van der Waals surface area contributed by atoms with E-state index in [1.807, 2.05) is 12.1 Å². The molecule has 1 aromatic heterocycles. The zero-order valence-electron chi connectivity index (χ0n) is 28.5. The summed E-state index contributed by atoms with van der Waals surface area (Å²) in [7, 11) is 0. The Kier molecular flexibility index (Phi) is 6.49. The lowest BCUT2D eigenvalue weighted by Gasteiger charge is -2.30. The van der Waals surface area contributed by atoms with Crippen LogP contribution in [0.4, 0.5) is 34.4 Å². The molecule has 0 atom stereocenters. The minimum Gasteiger partial charge on any atom is -0.309 e. The number of aromatic nitrogens is 2. The third-order valence-corrected chi connectivity index (χ3v) is 10.7. The van der Waals surface area contributed by atoms with Gasteiger partial charge in [0.1, 0.15) is 0 Å². The Labute approximate surface area is 297 Å². The molecule has 9 aromatic rings. The Morgan fingerprint density at radius 3 is 1.61 bits per heavy atom. The van der Waals surface area contributed by atoms with Crippen molar-refractivity contribution in [2.45, 2.75) is 19.3 Å². The topological polar surface area (TPSA) is 32.3 Å². The molecule has 51 heavy (non-hydrogen) atoms. The predicted octanol–water partition coefficient (Wildman–Crippen LogP) is 12.6. The number of hydrogen-bond acceptors (Lipinski definition) is 4. The number of para-hydroxylation sites is 2. The van der Waals surface area contributed by atoms with Crippen LogP contribution in [-0.4, -0.2) is 9.97 Å². The molecule has 0 spiro atoms. The first-order chi connectivity index (χ1) is 25.1. The van der Waals surface area contributed by atoms with E-state index in [4.69, 9.17) is 9.97 Å². The summed E-state index contributed by atoms with van der Waals surface area (Å²) in [5.41, 5.74) is 10.7. The molecule has 4 nitrogen and oxygen atoms in total. The van der Waals surface area contributed by atoms with Gasteiger partial charge in [-0.15, -0.1) is 0 Å². The molecule has 0 N–H and O–H groups in total. The van der Waals surface area contributed by atoms with Gasteiger partial charge in [0.25, 0.3) is 0 Å². The van der Waals surface area contributed by atoms with Gasteiger partial charge in [0.2, 0.25) is 5.95 Å². The molecule has 0 aliphatic heterocycles. The second kappa shape index (κ2) is 11.3. The van der Waals surface area contributed by atoms with E-state index in [-0.39, 0.29) is 5.41 Å². The number of benzene rings is 8. The number of rotatable bonds is 6. The van der Waals surface area contributed by atoms with Gasteiger partial charge in [-0.05, 0) is 86.8 Å². The lowest BCUT2D eigenvalue weighted by molar-refractivity contribution is 0.660. The number of hydrogen-bond donors (Lipinski definition) is 0. The van der Waals surface area contributed by atoms with Crippen LogP contribution in [0.5, 0.6) is 0 Å². The number of nitrogens with zero attached hydrogens (tertiary/aromatic N) is 4. The van der Waals surface area contributed by atoms with Crippen molar-refractivity contribution < 1.29 is 0 Å². The molecule has 1 aliphatic rings. The summed E-state index contributed by atoms with van der Waals surface area (Å²) in [5.74, 6) is 0.635. The first-order valence-corrected chi connectivity index (χ1v) is 17.5. The van der Waals surface area contributed by atoms with E-state index >= 15 is 0 Å². The SMILES string of the molecule is CC1(C)c2ccccc2-c2c(N(c3ccccc3)c3ccc4ccc5c(N(c6ccccc6)c6ncccn6)ccc6ccc3c4c65)cccc21. The van der Waals surface area contributed by atoms with Crippen LogP contribution in [-0.2, 0) is 5.41 Å². The Morgan fingerprint density at radius 2 is 0.961 bits per heavy atom. The van der Waals surface area contributed by atoms with Crippen LogP contribution >= 0.6 is 0 Å². The van der Waals surface area contributed by atoms with E-state index in [0.717, 1.165) is 28.1 Å². The van der Waals surface area contributed by atoms with E-state index in [2.05, 4.69) is 169 Å². The molecule has 1 heterocycles. The van der Waals surface area contributed by atoms with Crippen LogP contribution in [0.2, 0.25) is 0 Å². The lowest BCUT2D eigenvalue weighted by atomic mass is 9.82. The second-order valence-corrected chi connectivity index (χ2v) is 13.9. The van der Waals surface area contributed by atoms with E-state index in [0.29, 0.717) is 5.95 Å². The van der Waals surface area contributed by atoms with Crippen LogP contribution in [0.1, 0.15) is 25.0 Å². The Bertz CT molecular complexity index is 2680. The number of anilines is 6. The Morgan fingerprint density at radius 1 is 0.431 bits per heavy atom. The van der Waals surface area contributed by atoms with Crippen molar-refractivity contribution in [1.29, 1.82) is 0 Å². The first-order valence-electron chi connectivity index (χ1n) is 17.5. The average Bonchev–Trinajstić information content (AvgIpc) is 3.43. The molecule has 1 aliphatic carbocycles. The second-order valence-electron chi connectivity index (χ2n) is 13.9. The van der Waals surface area contributed by atoms with Crippen LogP contribution in [0, 0.1) is 0 Å². The molecule has 0 fully saturated rings. The fourth-order valence-electron chi connectivity index (χ4n) is 8.41. The highest BCUT2D eigenvalue weighted by molar-refractivity contribution is 6.28. The Hall–Kier alpha value is -6.52. The molecule has 0 amide bonds.